The number of benzene rings is 1. The van der Waals surface area contributed by atoms with Crippen LogP contribution in [0.3, 0.4) is 0 Å². The molecule has 1 amide bonds. The van der Waals surface area contributed by atoms with Gasteiger partial charge in [-0.2, -0.15) is 0 Å². The molecular weight excluding hydrogens is 242 g/mol. The minimum absolute atomic E-state index is 0.0244. The molecule has 19 heavy (non-hydrogen) atoms. The molecule has 0 aliphatic carbocycles. The summed E-state index contributed by atoms with van der Waals surface area (Å²) in [6.45, 7) is 6.68. The van der Waals surface area contributed by atoms with Gasteiger partial charge in [0.25, 0.3) is 5.91 Å². The number of carbonyl (C=O) groups is 1. The van der Waals surface area contributed by atoms with Gasteiger partial charge in [-0.25, -0.2) is 0 Å². The third-order valence-corrected chi connectivity index (χ3v) is 2.39. The van der Waals surface area contributed by atoms with Crippen LogP contribution in [0.4, 0.5) is 0 Å². The van der Waals surface area contributed by atoms with E-state index in [0.717, 1.165) is 18.6 Å². The lowest BCUT2D eigenvalue weighted by molar-refractivity contribution is -0.123. The van der Waals surface area contributed by atoms with Gasteiger partial charge >= 0.3 is 0 Å². The lowest BCUT2D eigenvalue weighted by Gasteiger charge is -2.11. The standard InChI is InChI=1S/C15H23NO3/c1-4-5-9-18-13-7-6-8-14(10-13)19-11-15(17)16-12(2)3/h6-8,10,12H,4-5,9,11H2,1-3H3,(H,16,17). The average Bonchev–Trinajstić information content (AvgIpc) is 2.36. The number of carbonyl (C=O) groups excluding carboxylic acids is 1. The molecule has 0 spiro atoms. The Morgan fingerprint density at radius 3 is 2.58 bits per heavy atom. The van der Waals surface area contributed by atoms with Crippen molar-refractivity contribution in [3.05, 3.63) is 24.3 Å². The average molecular weight is 265 g/mol. The van der Waals surface area contributed by atoms with E-state index in [4.69, 9.17) is 9.47 Å². The lowest BCUT2D eigenvalue weighted by Crippen LogP contribution is -2.34. The van der Waals surface area contributed by atoms with Crippen LogP contribution in [0.15, 0.2) is 24.3 Å². The molecule has 0 aromatic heterocycles. The van der Waals surface area contributed by atoms with Crippen molar-refractivity contribution in [3.63, 3.8) is 0 Å². The Labute approximate surface area is 115 Å². The van der Waals surface area contributed by atoms with Crippen molar-refractivity contribution in [2.75, 3.05) is 13.2 Å². The maximum atomic E-state index is 11.5. The van der Waals surface area contributed by atoms with Gasteiger partial charge in [0.05, 0.1) is 6.61 Å². The van der Waals surface area contributed by atoms with Gasteiger partial charge in [0.1, 0.15) is 11.5 Å². The Kier molecular flexibility index (Phi) is 6.79. The summed E-state index contributed by atoms with van der Waals surface area (Å²) < 4.78 is 11.0. The first-order chi connectivity index (χ1) is 9.11. The maximum Gasteiger partial charge on any atom is 0.258 e. The molecule has 0 saturated carbocycles. The van der Waals surface area contributed by atoms with E-state index in [-0.39, 0.29) is 18.6 Å². The first-order valence-electron chi connectivity index (χ1n) is 6.77. The molecule has 0 unspecified atom stereocenters. The van der Waals surface area contributed by atoms with E-state index in [1.54, 1.807) is 6.07 Å². The highest BCUT2D eigenvalue weighted by atomic mass is 16.5. The fraction of sp³-hybridized carbons (Fsp3) is 0.533. The number of nitrogens with one attached hydrogen (secondary N) is 1. The Bertz CT molecular complexity index is 391. The zero-order valence-corrected chi connectivity index (χ0v) is 11.9. The number of ether oxygens (including phenoxy) is 2. The van der Waals surface area contributed by atoms with Crippen molar-refractivity contribution in [2.24, 2.45) is 0 Å². The molecule has 0 aliphatic rings. The SMILES string of the molecule is CCCCOc1cccc(OCC(=O)NC(C)C)c1. The van der Waals surface area contributed by atoms with Crippen molar-refractivity contribution in [3.8, 4) is 11.5 Å². The number of hydrogen-bond acceptors (Lipinski definition) is 3. The van der Waals surface area contributed by atoms with Crippen LogP contribution in [0.5, 0.6) is 11.5 Å². The summed E-state index contributed by atoms with van der Waals surface area (Å²) in [4.78, 5) is 11.5. The third kappa shape index (κ3) is 6.70. The second-order valence-electron chi connectivity index (χ2n) is 4.69. The maximum absolute atomic E-state index is 11.5. The number of rotatable bonds is 8. The quantitative estimate of drug-likeness (QED) is 0.735. The first kappa shape index (κ1) is 15.3. The van der Waals surface area contributed by atoms with E-state index >= 15 is 0 Å². The highest BCUT2D eigenvalue weighted by molar-refractivity contribution is 5.77. The van der Waals surface area contributed by atoms with Gasteiger partial charge in [0.2, 0.25) is 0 Å². The van der Waals surface area contributed by atoms with E-state index in [1.807, 2.05) is 32.0 Å². The molecule has 0 radical (unpaired) electrons. The van der Waals surface area contributed by atoms with Crippen LogP contribution in [0.25, 0.3) is 0 Å². The molecular formula is C15H23NO3. The van der Waals surface area contributed by atoms with Crippen molar-refractivity contribution in [1.82, 2.24) is 5.32 Å². The van der Waals surface area contributed by atoms with Gasteiger partial charge in [-0.05, 0) is 32.4 Å². The summed E-state index contributed by atoms with van der Waals surface area (Å²) in [6.07, 6.45) is 2.13. The van der Waals surface area contributed by atoms with Gasteiger partial charge in [-0.3, -0.25) is 4.79 Å². The molecule has 1 rings (SSSR count). The van der Waals surface area contributed by atoms with Crippen LogP contribution in [0.1, 0.15) is 33.6 Å². The topological polar surface area (TPSA) is 47.6 Å². The molecule has 106 valence electrons. The number of hydrogen-bond donors (Lipinski definition) is 1. The summed E-state index contributed by atoms with van der Waals surface area (Å²) in [5.41, 5.74) is 0. The fourth-order valence-corrected chi connectivity index (χ4v) is 1.50. The van der Waals surface area contributed by atoms with Crippen LogP contribution in [-0.4, -0.2) is 25.2 Å². The molecule has 0 fully saturated rings. The number of unbranched alkanes of at least 4 members (excludes halogenated alkanes) is 1. The predicted octanol–water partition coefficient (Wildman–Crippen LogP) is 2.77. The predicted molar refractivity (Wildman–Crippen MR) is 75.6 cm³/mol. The van der Waals surface area contributed by atoms with E-state index in [2.05, 4.69) is 12.2 Å². The fourth-order valence-electron chi connectivity index (χ4n) is 1.50. The molecule has 0 atom stereocenters. The minimum atomic E-state index is -0.118. The van der Waals surface area contributed by atoms with Crippen LogP contribution in [0.2, 0.25) is 0 Å². The van der Waals surface area contributed by atoms with Gasteiger partial charge in [0.15, 0.2) is 6.61 Å². The Hall–Kier alpha value is -1.71. The molecule has 4 nitrogen and oxygen atoms in total. The molecule has 1 N–H and O–H groups in total. The monoisotopic (exact) mass is 265 g/mol. The van der Waals surface area contributed by atoms with Crippen molar-refractivity contribution in [1.29, 1.82) is 0 Å². The van der Waals surface area contributed by atoms with Crippen LogP contribution in [-0.2, 0) is 4.79 Å². The van der Waals surface area contributed by atoms with Crippen molar-refractivity contribution < 1.29 is 14.3 Å². The third-order valence-electron chi connectivity index (χ3n) is 2.39. The summed E-state index contributed by atoms with van der Waals surface area (Å²) in [6, 6.07) is 7.49. The molecule has 4 heteroatoms. The highest BCUT2D eigenvalue weighted by Gasteiger charge is 2.04. The van der Waals surface area contributed by atoms with Gasteiger partial charge < -0.3 is 14.8 Å². The molecule has 0 saturated heterocycles. The minimum Gasteiger partial charge on any atom is -0.493 e. The molecule has 0 bridgehead atoms. The smallest absolute Gasteiger partial charge is 0.258 e. The first-order valence-corrected chi connectivity index (χ1v) is 6.77. The van der Waals surface area contributed by atoms with E-state index in [9.17, 15) is 4.79 Å². The van der Waals surface area contributed by atoms with E-state index in [1.165, 1.54) is 0 Å². The largest absolute Gasteiger partial charge is 0.493 e. The summed E-state index contributed by atoms with van der Waals surface area (Å²) in [7, 11) is 0. The lowest BCUT2D eigenvalue weighted by atomic mass is 10.3. The molecule has 0 aliphatic heterocycles. The van der Waals surface area contributed by atoms with Gasteiger partial charge in [0, 0.05) is 12.1 Å². The Morgan fingerprint density at radius 1 is 1.26 bits per heavy atom. The number of amides is 1. The Balaban J connectivity index is 2.41. The van der Waals surface area contributed by atoms with Crippen LogP contribution >= 0.6 is 0 Å². The van der Waals surface area contributed by atoms with E-state index < -0.39 is 0 Å². The zero-order chi connectivity index (χ0) is 14.1. The van der Waals surface area contributed by atoms with Crippen molar-refractivity contribution >= 4 is 5.91 Å². The van der Waals surface area contributed by atoms with Crippen LogP contribution < -0.4 is 14.8 Å². The molecule has 0 heterocycles. The summed E-state index contributed by atoms with van der Waals surface area (Å²) >= 11 is 0. The zero-order valence-electron chi connectivity index (χ0n) is 11.9. The summed E-state index contributed by atoms with van der Waals surface area (Å²) in [5, 5.41) is 2.77. The van der Waals surface area contributed by atoms with Crippen LogP contribution in [0, 0.1) is 0 Å². The molecule has 1 aromatic rings. The Morgan fingerprint density at radius 2 is 1.95 bits per heavy atom. The normalized spacial score (nSPS) is 10.3. The second-order valence-corrected chi connectivity index (χ2v) is 4.69. The van der Waals surface area contributed by atoms with E-state index in [0.29, 0.717) is 12.4 Å². The second kappa shape index (κ2) is 8.40. The summed E-state index contributed by atoms with van der Waals surface area (Å²) in [5.74, 6) is 1.30. The van der Waals surface area contributed by atoms with Gasteiger partial charge in [-0.1, -0.05) is 19.4 Å². The van der Waals surface area contributed by atoms with Crippen molar-refractivity contribution in [2.45, 2.75) is 39.7 Å². The molecule has 1 aromatic carbocycles. The highest BCUT2D eigenvalue weighted by Crippen LogP contribution is 2.19. The van der Waals surface area contributed by atoms with Gasteiger partial charge in [-0.15, -0.1) is 0 Å².